The van der Waals surface area contributed by atoms with Gasteiger partial charge >= 0.3 is 6.18 Å². The summed E-state index contributed by atoms with van der Waals surface area (Å²) in [5, 5.41) is 17.4. The van der Waals surface area contributed by atoms with Gasteiger partial charge in [-0.25, -0.2) is 4.68 Å². The van der Waals surface area contributed by atoms with Crippen molar-refractivity contribution in [3.05, 3.63) is 41.6 Å². The summed E-state index contributed by atoms with van der Waals surface area (Å²) in [7, 11) is 3.10. The number of fused-ring (bicyclic) bond motifs is 1. The van der Waals surface area contributed by atoms with Crippen molar-refractivity contribution < 1.29 is 27.4 Å². The molecule has 4 rings (SSSR count). The molecular formula is C22H21ClF3N7O3. The molecule has 36 heavy (non-hydrogen) atoms. The van der Waals surface area contributed by atoms with E-state index in [2.05, 4.69) is 25.6 Å². The number of methoxy groups -OCH3 is 1. The minimum Gasteiger partial charge on any atom is -0.493 e. The van der Waals surface area contributed by atoms with Crippen LogP contribution < -0.4 is 20.1 Å². The van der Waals surface area contributed by atoms with Gasteiger partial charge in [0.1, 0.15) is 6.04 Å². The molecule has 0 fully saturated rings. The van der Waals surface area contributed by atoms with E-state index < -0.39 is 24.7 Å². The van der Waals surface area contributed by atoms with Crippen LogP contribution in [0.4, 0.5) is 24.8 Å². The number of carbonyl (C=O) groups is 1. The van der Waals surface area contributed by atoms with E-state index in [-0.39, 0.29) is 11.5 Å². The molecule has 2 aromatic heterocycles. The number of anilines is 2. The molecule has 1 amide bonds. The van der Waals surface area contributed by atoms with Crippen molar-refractivity contribution in [3.8, 4) is 22.9 Å². The van der Waals surface area contributed by atoms with Crippen LogP contribution in [0.25, 0.3) is 22.3 Å². The summed E-state index contributed by atoms with van der Waals surface area (Å²) in [4.78, 5) is 16.3. The lowest BCUT2D eigenvalue weighted by molar-refractivity contribution is -0.158. The minimum atomic E-state index is -4.55. The Morgan fingerprint density at radius 1 is 1.25 bits per heavy atom. The number of halogens is 4. The summed E-state index contributed by atoms with van der Waals surface area (Å²) in [6, 6.07) is 6.38. The first-order chi connectivity index (χ1) is 17.1. The van der Waals surface area contributed by atoms with Gasteiger partial charge < -0.3 is 20.1 Å². The number of amides is 1. The molecule has 3 N–H and O–H groups in total. The number of nitrogens with zero attached hydrogens (tertiary/aromatic N) is 4. The lowest BCUT2D eigenvalue weighted by Gasteiger charge is -2.17. The highest BCUT2D eigenvalue weighted by molar-refractivity contribution is 6.38. The van der Waals surface area contributed by atoms with Crippen LogP contribution in [0, 0.1) is 0 Å². The van der Waals surface area contributed by atoms with Crippen LogP contribution >= 0.6 is 11.6 Å². The molecule has 0 saturated carbocycles. The van der Waals surface area contributed by atoms with Crippen LogP contribution in [-0.2, 0) is 11.8 Å². The molecule has 0 spiro atoms. The number of aromatic amines is 1. The topological polar surface area (TPSA) is 119 Å². The van der Waals surface area contributed by atoms with E-state index in [1.807, 2.05) is 11.4 Å². The van der Waals surface area contributed by atoms with Crippen molar-refractivity contribution in [2.45, 2.75) is 19.1 Å². The number of hydrogen-bond acceptors (Lipinski definition) is 7. The second kappa shape index (κ2) is 9.93. The van der Waals surface area contributed by atoms with Crippen molar-refractivity contribution in [2.75, 3.05) is 19.0 Å². The summed E-state index contributed by atoms with van der Waals surface area (Å²) in [6.07, 6.45) is -2.92. The molecule has 0 unspecified atom stereocenters. The predicted octanol–water partition coefficient (Wildman–Crippen LogP) is 4.21. The first-order valence-electron chi connectivity index (χ1n) is 10.5. The number of ether oxygens (including phenoxy) is 2. The zero-order chi connectivity index (χ0) is 26.0. The number of carbonyl (C=O) groups excluding carboxylic acids is 1. The van der Waals surface area contributed by atoms with Crippen molar-refractivity contribution in [1.29, 1.82) is 0 Å². The van der Waals surface area contributed by atoms with E-state index in [1.54, 1.807) is 31.4 Å². The maximum absolute atomic E-state index is 12.6. The van der Waals surface area contributed by atoms with Crippen LogP contribution in [0.1, 0.15) is 6.92 Å². The largest absolute Gasteiger partial charge is 0.493 e. The van der Waals surface area contributed by atoms with Gasteiger partial charge in [0, 0.05) is 18.0 Å². The third-order valence-electron chi connectivity index (χ3n) is 5.22. The third-order valence-corrected chi connectivity index (χ3v) is 5.62. The normalized spacial score (nSPS) is 12.4. The fourth-order valence-electron chi connectivity index (χ4n) is 3.25. The maximum Gasteiger partial charge on any atom is 0.408 e. The molecule has 0 saturated heterocycles. The Bertz CT molecular complexity index is 1400. The molecule has 0 aliphatic carbocycles. The number of nitrogens with one attached hydrogen (secondary N) is 3. The molecule has 10 nitrogen and oxygen atoms in total. The number of rotatable bonds is 8. The summed E-state index contributed by atoms with van der Waals surface area (Å²) in [5.41, 5.74) is 1.99. The van der Waals surface area contributed by atoms with Gasteiger partial charge in [0.15, 0.2) is 23.9 Å². The highest BCUT2D eigenvalue weighted by Gasteiger charge is 2.37. The predicted molar refractivity (Wildman–Crippen MR) is 127 cm³/mol. The highest BCUT2D eigenvalue weighted by Crippen LogP contribution is 2.34. The second-order valence-corrected chi connectivity index (χ2v) is 8.13. The van der Waals surface area contributed by atoms with Crippen molar-refractivity contribution in [2.24, 2.45) is 7.05 Å². The molecule has 4 aromatic rings. The SMILES string of the molecule is COc1cc(-c2nc(Nc3ccc4[nH]ncc4c3Cl)n(C)n2)ccc1OCC(=O)N[C@H](C)C(F)(F)F. The van der Waals surface area contributed by atoms with E-state index in [1.165, 1.54) is 17.9 Å². The van der Waals surface area contributed by atoms with Gasteiger partial charge in [-0.1, -0.05) is 11.6 Å². The lowest BCUT2D eigenvalue weighted by atomic mass is 10.2. The summed E-state index contributed by atoms with van der Waals surface area (Å²) < 4.78 is 50.1. The molecule has 0 bridgehead atoms. The molecule has 0 aliphatic heterocycles. The number of benzene rings is 2. The second-order valence-electron chi connectivity index (χ2n) is 7.75. The van der Waals surface area contributed by atoms with Crippen molar-refractivity contribution in [1.82, 2.24) is 30.3 Å². The Labute approximate surface area is 207 Å². The van der Waals surface area contributed by atoms with Crippen molar-refractivity contribution in [3.63, 3.8) is 0 Å². The fourth-order valence-corrected chi connectivity index (χ4v) is 3.51. The summed E-state index contributed by atoms with van der Waals surface area (Å²) >= 11 is 6.47. The molecule has 0 radical (unpaired) electrons. The summed E-state index contributed by atoms with van der Waals surface area (Å²) in [6.45, 7) is 0.230. The van der Waals surface area contributed by atoms with Gasteiger partial charge in [-0.2, -0.15) is 23.3 Å². The highest BCUT2D eigenvalue weighted by atomic mass is 35.5. The Balaban J connectivity index is 1.48. The monoisotopic (exact) mass is 523 g/mol. The third kappa shape index (κ3) is 5.30. The van der Waals surface area contributed by atoms with E-state index in [4.69, 9.17) is 21.1 Å². The number of H-pyrrole nitrogens is 1. The minimum absolute atomic E-state index is 0.172. The molecular weight excluding hydrogens is 503 g/mol. The van der Waals surface area contributed by atoms with Crippen molar-refractivity contribution >= 4 is 40.0 Å². The van der Waals surface area contributed by atoms with E-state index in [9.17, 15) is 18.0 Å². The standard InChI is InChI=1S/C22H21ClF3N7O3/c1-11(22(24,25)26)28-18(34)10-36-16-7-4-12(8-17(16)35-3)20-30-21(33(2)32-20)29-15-6-5-14-13(19(15)23)9-27-31-14/h4-9,11H,10H2,1-3H3,(H,27,31)(H,28,34)(H,29,30,32)/t11-/m1/s1. The first kappa shape index (κ1) is 25.1. The average molecular weight is 524 g/mol. The van der Waals surface area contributed by atoms with Crippen LogP contribution in [0.3, 0.4) is 0 Å². The van der Waals surface area contributed by atoms with E-state index >= 15 is 0 Å². The quantitative estimate of drug-likeness (QED) is 0.316. The molecule has 0 aliphatic rings. The van der Waals surface area contributed by atoms with E-state index in [0.29, 0.717) is 28.0 Å². The maximum atomic E-state index is 12.6. The van der Waals surface area contributed by atoms with Crippen LogP contribution in [0.5, 0.6) is 11.5 Å². The Morgan fingerprint density at radius 3 is 2.75 bits per heavy atom. The molecule has 2 heterocycles. The van der Waals surface area contributed by atoms with Crippen LogP contribution in [0.15, 0.2) is 36.5 Å². The zero-order valence-electron chi connectivity index (χ0n) is 19.3. The summed E-state index contributed by atoms with van der Waals surface area (Å²) in [5.74, 6) is 0.289. The van der Waals surface area contributed by atoms with Gasteiger partial charge in [-0.15, -0.1) is 5.10 Å². The Kier molecular flexibility index (Phi) is 6.93. The first-order valence-corrected chi connectivity index (χ1v) is 10.9. The number of alkyl halides is 3. The Hall–Kier alpha value is -4.00. The van der Waals surface area contributed by atoms with Crippen LogP contribution in [-0.4, -0.2) is 56.8 Å². The fraction of sp³-hybridized carbons (Fsp3) is 0.273. The number of hydrogen-bond donors (Lipinski definition) is 3. The van der Waals surface area contributed by atoms with Crippen LogP contribution in [0.2, 0.25) is 5.02 Å². The molecule has 14 heteroatoms. The van der Waals surface area contributed by atoms with Gasteiger partial charge in [0.2, 0.25) is 5.95 Å². The van der Waals surface area contributed by atoms with Gasteiger partial charge in [0.25, 0.3) is 5.91 Å². The number of aryl methyl sites for hydroxylation is 1. The number of aromatic nitrogens is 5. The molecule has 2 aromatic carbocycles. The smallest absolute Gasteiger partial charge is 0.408 e. The van der Waals surface area contributed by atoms with Gasteiger partial charge in [-0.3, -0.25) is 9.89 Å². The molecule has 1 atom stereocenters. The van der Waals surface area contributed by atoms with E-state index in [0.717, 1.165) is 17.8 Å². The lowest BCUT2D eigenvalue weighted by Crippen LogP contribution is -2.44. The molecule has 190 valence electrons. The van der Waals surface area contributed by atoms with Gasteiger partial charge in [-0.05, 0) is 37.3 Å². The Morgan fingerprint density at radius 2 is 2.03 bits per heavy atom. The zero-order valence-corrected chi connectivity index (χ0v) is 20.0. The van der Waals surface area contributed by atoms with Gasteiger partial charge in [0.05, 0.1) is 29.5 Å². The average Bonchev–Trinajstić information content (AvgIpc) is 3.46.